The Labute approximate surface area is 220 Å². The average Bonchev–Trinajstić information content (AvgIpc) is 2.78. The molecule has 0 saturated carbocycles. The van der Waals surface area contributed by atoms with Gasteiger partial charge in [0, 0.05) is 27.2 Å². The summed E-state index contributed by atoms with van der Waals surface area (Å²) in [6.07, 6.45) is 0. The van der Waals surface area contributed by atoms with Crippen molar-refractivity contribution in [3.8, 4) is 29.1 Å². The van der Waals surface area contributed by atoms with E-state index in [1.807, 2.05) is 25.1 Å². The van der Waals surface area contributed by atoms with Crippen molar-refractivity contribution in [2.24, 2.45) is 5.73 Å². The van der Waals surface area contributed by atoms with Crippen LogP contribution in [0.2, 0.25) is 10.0 Å². The lowest BCUT2D eigenvalue weighted by molar-refractivity contribution is 0.267. The molecule has 3 N–H and O–H groups in total. The van der Waals surface area contributed by atoms with Crippen molar-refractivity contribution in [1.29, 1.82) is 5.26 Å². The number of phenolic OH excluding ortho intramolecular Hbond substituents is 1. The molecule has 0 aliphatic carbocycles. The van der Waals surface area contributed by atoms with Crippen LogP contribution in [0.1, 0.15) is 29.5 Å². The maximum absolute atomic E-state index is 9.88. The Morgan fingerprint density at radius 2 is 1.94 bits per heavy atom. The standard InChI is InChI=1S/C25H19Cl2IN2O4/c1-2-32-22-8-14(7-20(28)24(22)33-12-13-3-4-15(26)9-19(13)27)23-17-6-5-16(31)10-21(17)34-25(30)18(23)11-29/h3-10,23,31H,2,12,30H2,1H3/t23-/m1/s1. The van der Waals surface area contributed by atoms with Gasteiger partial charge in [-0.1, -0.05) is 35.3 Å². The lowest BCUT2D eigenvalue weighted by Crippen LogP contribution is -2.21. The number of allylic oxidation sites excluding steroid dienone is 1. The zero-order chi connectivity index (χ0) is 24.4. The molecule has 6 nitrogen and oxygen atoms in total. The number of aromatic hydroxyl groups is 1. The van der Waals surface area contributed by atoms with Crippen LogP contribution in [0.25, 0.3) is 0 Å². The highest BCUT2D eigenvalue weighted by molar-refractivity contribution is 14.1. The summed E-state index contributed by atoms with van der Waals surface area (Å²) in [5.74, 6) is 1.02. The van der Waals surface area contributed by atoms with Crippen molar-refractivity contribution in [1.82, 2.24) is 0 Å². The van der Waals surface area contributed by atoms with E-state index in [-0.39, 0.29) is 23.8 Å². The molecule has 174 valence electrons. The fourth-order valence-electron chi connectivity index (χ4n) is 3.73. The van der Waals surface area contributed by atoms with E-state index in [0.29, 0.717) is 39.5 Å². The highest BCUT2D eigenvalue weighted by Gasteiger charge is 2.32. The fourth-order valence-corrected chi connectivity index (χ4v) is 4.98. The number of ether oxygens (including phenoxy) is 3. The quantitative estimate of drug-likeness (QED) is 0.310. The average molecular weight is 609 g/mol. The van der Waals surface area contributed by atoms with Gasteiger partial charge in [-0.2, -0.15) is 5.26 Å². The molecule has 1 aliphatic heterocycles. The summed E-state index contributed by atoms with van der Waals surface area (Å²) >= 11 is 14.5. The molecule has 1 heterocycles. The minimum atomic E-state index is -0.498. The number of benzene rings is 3. The van der Waals surface area contributed by atoms with Crippen molar-refractivity contribution in [2.75, 3.05) is 6.61 Å². The monoisotopic (exact) mass is 608 g/mol. The van der Waals surface area contributed by atoms with Gasteiger partial charge >= 0.3 is 0 Å². The van der Waals surface area contributed by atoms with E-state index in [4.69, 9.17) is 43.1 Å². The van der Waals surface area contributed by atoms with Crippen LogP contribution >= 0.6 is 45.8 Å². The molecule has 9 heteroatoms. The number of halogens is 3. The molecule has 0 radical (unpaired) electrons. The van der Waals surface area contributed by atoms with Gasteiger partial charge in [-0.25, -0.2) is 0 Å². The highest BCUT2D eigenvalue weighted by Crippen LogP contribution is 2.46. The summed E-state index contributed by atoms with van der Waals surface area (Å²) in [5.41, 5.74) is 8.61. The van der Waals surface area contributed by atoms with Crippen LogP contribution in [0.5, 0.6) is 23.0 Å². The molecule has 1 atom stereocenters. The highest BCUT2D eigenvalue weighted by atomic mass is 127. The molecular formula is C25H19Cl2IN2O4. The summed E-state index contributed by atoms with van der Waals surface area (Å²) in [6.45, 7) is 2.52. The van der Waals surface area contributed by atoms with Crippen molar-refractivity contribution >= 4 is 45.8 Å². The molecule has 1 aliphatic rings. The van der Waals surface area contributed by atoms with Crippen LogP contribution in [-0.2, 0) is 6.61 Å². The number of nitriles is 1. The molecule has 4 rings (SSSR count). The lowest BCUT2D eigenvalue weighted by atomic mass is 9.83. The number of hydrogen-bond acceptors (Lipinski definition) is 6. The SMILES string of the molecule is CCOc1cc([C@H]2C(C#N)=C(N)Oc3cc(O)ccc32)cc(I)c1OCc1ccc(Cl)cc1Cl. The van der Waals surface area contributed by atoms with E-state index in [9.17, 15) is 10.4 Å². The number of fused-ring (bicyclic) bond motifs is 1. The first kappa shape index (κ1) is 24.3. The van der Waals surface area contributed by atoms with E-state index in [2.05, 4.69) is 28.7 Å². The van der Waals surface area contributed by atoms with Gasteiger partial charge in [0.15, 0.2) is 11.5 Å². The Hall–Kier alpha value is -2.80. The van der Waals surface area contributed by atoms with Gasteiger partial charge < -0.3 is 25.1 Å². The minimum Gasteiger partial charge on any atom is -0.508 e. The van der Waals surface area contributed by atoms with Gasteiger partial charge in [0.05, 0.1) is 16.1 Å². The van der Waals surface area contributed by atoms with Crippen LogP contribution in [0, 0.1) is 14.9 Å². The topological polar surface area (TPSA) is 97.7 Å². The molecule has 0 bridgehead atoms. The smallest absolute Gasteiger partial charge is 0.205 e. The Kier molecular flexibility index (Phi) is 7.31. The first-order valence-electron chi connectivity index (χ1n) is 10.3. The van der Waals surface area contributed by atoms with Gasteiger partial charge in [-0.05, 0) is 65.4 Å². The second-order valence-corrected chi connectivity index (χ2v) is 9.44. The van der Waals surface area contributed by atoms with E-state index >= 15 is 0 Å². The Balaban J connectivity index is 1.76. The van der Waals surface area contributed by atoms with Crippen molar-refractivity contribution in [3.63, 3.8) is 0 Å². The maximum atomic E-state index is 9.88. The van der Waals surface area contributed by atoms with Gasteiger partial charge in [-0.3, -0.25) is 0 Å². The molecule has 3 aromatic rings. The van der Waals surface area contributed by atoms with Gasteiger partial charge in [-0.15, -0.1) is 0 Å². The fraction of sp³-hybridized carbons (Fsp3) is 0.160. The number of rotatable bonds is 6. The molecule has 0 spiro atoms. The summed E-state index contributed by atoms with van der Waals surface area (Å²) < 4.78 is 18.4. The minimum absolute atomic E-state index is 0.00345. The number of nitrogens with zero attached hydrogens (tertiary/aromatic N) is 1. The van der Waals surface area contributed by atoms with Crippen molar-refractivity contribution < 1.29 is 19.3 Å². The Bertz CT molecular complexity index is 1340. The van der Waals surface area contributed by atoms with Crippen LogP contribution in [-0.4, -0.2) is 11.7 Å². The summed E-state index contributed by atoms with van der Waals surface area (Å²) in [4.78, 5) is 0. The maximum Gasteiger partial charge on any atom is 0.205 e. The van der Waals surface area contributed by atoms with Crippen molar-refractivity contribution in [2.45, 2.75) is 19.4 Å². The second-order valence-electron chi connectivity index (χ2n) is 7.43. The first-order chi connectivity index (χ1) is 16.3. The number of hydrogen-bond donors (Lipinski definition) is 2. The third kappa shape index (κ3) is 4.85. The van der Waals surface area contributed by atoms with Crippen LogP contribution in [0.4, 0.5) is 0 Å². The van der Waals surface area contributed by atoms with E-state index in [0.717, 1.165) is 14.7 Å². The van der Waals surface area contributed by atoms with E-state index in [1.165, 1.54) is 6.07 Å². The van der Waals surface area contributed by atoms with Crippen LogP contribution < -0.4 is 19.9 Å². The lowest BCUT2D eigenvalue weighted by Gasteiger charge is -2.27. The Morgan fingerprint density at radius 3 is 2.65 bits per heavy atom. The molecule has 0 fully saturated rings. The molecule has 0 aromatic heterocycles. The van der Waals surface area contributed by atoms with Gasteiger partial charge in [0.1, 0.15) is 29.7 Å². The predicted octanol–water partition coefficient (Wildman–Crippen LogP) is 6.50. The predicted molar refractivity (Wildman–Crippen MR) is 139 cm³/mol. The number of phenols is 1. The number of nitrogens with two attached hydrogens (primary N) is 1. The Morgan fingerprint density at radius 1 is 1.15 bits per heavy atom. The molecular weight excluding hydrogens is 590 g/mol. The van der Waals surface area contributed by atoms with E-state index < -0.39 is 5.92 Å². The largest absolute Gasteiger partial charge is 0.508 e. The zero-order valence-electron chi connectivity index (χ0n) is 17.9. The summed E-state index contributed by atoms with van der Waals surface area (Å²) in [7, 11) is 0. The summed E-state index contributed by atoms with van der Waals surface area (Å²) in [5, 5.41) is 20.8. The van der Waals surface area contributed by atoms with Crippen LogP contribution in [0.15, 0.2) is 60.0 Å². The first-order valence-corrected chi connectivity index (χ1v) is 12.1. The molecule has 3 aromatic carbocycles. The second kappa shape index (κ2) is 10.2. The molecule has 34 heavy (non-hydrogen) atoms. The normalized spacial score (nSPS) is 14.7. The van der Waals surface area contributed by atoms with Crippen LogP contribution in [0.3, 0.4) is 0 Å². The third-order valence-electron chi connectivity index (χ3n) is 5.25. The molecule has 0 unspecified atom stereocenters. The van der Waals surface area contributed by atoms with Gasteiger partial charge in [0.25, 0.3) is 0 Å². The summed E-state index contributed by atoms with van der Waals surface area (Å²) in [6, 6.07) is 15.9. The van der Waals surface area contributed by atoms with Crippen molar-refractivity contribution in [3.05, 3.63) is 90.3 Å². The third-order valence-corrected chi connectivity index (χ3v) is 6.64. The van der Waals surface area contributed by atoms with E-state index in [1.54, 1.807) is 24.3 Å². The molecule has 0 amide bonds. The van der Waals surface area contributed by atoms with Gasteiger partial charge in [0.2, 0.25) is 5.88 Å². The molecule has 0 saturated heterocycles. The zero-order valence-corrected chi connectivity index (χ0v) is 21.6.